The van der Waals surface area contributed by atoms with Gasteiger partial charge < -0.3 is 15.5 Å². The van der Waals surface area contributed by atoms with Crippen molar-refractivity contribution in [3.8, 4) is 0 Å². The smallest absolute Gasteiger partial charge is 0.237 e. The van der Waals surface area contributed by atoms with E-state index >= 15 is 0 Å². The molecule has 8 nitrogen and oxygen atoms in total. The molecule has 0 amide bonds. The quantitative estimate of drug-likeness (QED) is 0.323. The third kappa shape index (κ3) is 6.62. The maximum absolute atomic E-state index is 15.0. The van der Waals surface area contributed by atoms with Gasteiger partial charge in [0.15, 0.2) is 0 Å². The number of rotatable bonds is 7. The summed E-state index contributed by atoms with van der Waals surface area (Å²) in [7, 11) is -1.86. The molecule has 1 aliphatic heterocycles. The summed E-state index contributed by atoms with van der Waals surface area (Å²) in [4.78, 5) is 10.7. The minimum atomic E-state index is -3.85. The van der Waals surface area contributed by atoms with E-state index in [2.05, 4.69) is 30.2 Å². The number of piperidine rings is 1. The van der Waals surface area contributed by atoms with Crippen molar-refractivity contribution in [1.82, 2.24) is 14.9 Å². The van der Waals surface area contributed by atoms with Crippen LogP contribution in [0.3, 0.4) is 0 Å². The van der Waals surface area contributed by atoms with Crippen molar-refractivity contribution in [1.29, 1.82) is 0 Å². The van der Waals surface area contributed by atoms with Gasteiger partial charge in [-0.25, -0.2) is 26.6 Å². The number of aromatic nitrogens is 2. The van der Waals surface area contributed by atoms with Gasteiger partial charge in [-0.3, -0.25) is 4.72 Å². The van der Waals surface area contributed by atoms with E-state index in [1.807, 2.05) is 7.05 Å². The lowest BCUT2D eigenvalue weighted by molar-refractivity contribution is 0.250. The van der Waals surface area contributed by atoms with E-state index in [9.17, 15) is 21.6 Å². The van der Waals surface area contributed by atoms with Gasteiger partial charge in [-0.2, -0.15) is 4.98 Å². The van der Waals surface area contributed by atoms with Crippen LogP contribution in [0.5, 0.6) is 0 Å². The number of hydrogen-bond acceptors (Lipinski definition) is 7. The van der Waals surface area contributed by atoms with Gasteiger partial charge in [0.1, 0.15) is 23.3 Å². The molecule has 3 N–H and O–H groups in total. The lowest BCUT2D eigenvalue weighted by Crippen LogP contribution is -2.34. The highest BCUT2D eigenvalue weighted by molar-refractivity contribution is 7.94. The molecule has 39 heavy (non-hydrogen) atoms. The van der Waals surface area contributed by atoms with Crippen molar-refractivity contribution in [2.24, 2.45) is 0 Å². The van der Waals surface area contributed by atoms with Gasteiger partial charge in [-0.1, -0.05) is 0 Å². The summed E-state index contributed by atoms with van der Waals surface area (Å²) < 4.78 is 70.5. The standard InChI is InChI=1S/C27H33F3N6O2S/c1-16-15-31-26(33-19-12-21(29)24(22(30)13-19)17-8-10-36(5)11-9-17)34-25(16)32-18-6-7-20(28)23(14-18)35-39(37,38)27(2,3)4/h6-7,12-15,17,35H,8-11H2,1-5H3,(H2,31,32,33,34). The molecule has 2 heterocycles. The van der Waals surface area contributed by atoms with E-state index in [4.69, 9.17) is 0 Å². The van der Waals surface area contributed by atoms with Crippen molar-refractivity contribution in [2.75, 3.05) is 35.5 Å². The Morgan fingerprint density at radius 3 is 2.21 bits per heavy atom. The number of halogens is 3. The Labute approximate surface area is 227 Å². The molecule has 12 heteroatoms. The lowest BCUT2D eigenvalue weighted by Gasteiger charge is -2.29. The van der Waals surface area contributed by atoms with Gasteiger partial charge in [0.25, 0.3) is 0 Å². The molecule has 1 fully saturated rings. The van der Waals surface area contributed by atoms with Crippen LogP contribution >= 0.6 is 0 Å². The van der Waals surface area contributed by atoms with Crippen LogP contribution in [0, 0.1) is 24.4 Å². The first-order valence-electron chi connectivity index (χ1n) is 12.6. The monoisotopic (exact) mass is 562 g/mol. The van der Waals surface area contributed by atoms with Crippen LogP contribution in [0.1, 0.15) is 50.7 Å². The Morgan fingerprint density at radius 2 is 1.59 bits per heavy atom. The van der Waals surface area contributed by atoms with Gasteiger partial charge in [-0.05, 0) is 96.9 Å². The summed E-state index contributed by atoms with van der Waals surface area (Å²) in [6.45, 7) is 7.84. The number of hydrogen-bond donors (Lipinski definition) is 3. The molecule has 0 bridgehead atoms. The van der Waals surface area contributed by atoms with E-state index in [-0.39, 0.29) is 28.8 Å². The van der Waals surface area contributed by atoms with Gasteiger partial charge >= 0.3 is 0 Å². The van der Waals surface area contributed by atoms with Crippen LogP contribution in [-0.4, -0.2) is 48.2 Å². The summed E-state index contributed by atoms with van der Waals surface area (Å²) in [5.74, 6) is -1.71. The third-order valence-corrected chi connectivity index (χ3v) is 8.81. The summed E-state index contributed by atoms with van der Waals surface area (Å²) in [6, 6.07) is 6.36. The Hall–Kier alpha value is -3.38. The summed E-state index contributed by atoms with van der Waals surface area (Å²) in [5.41, 5.74) is 1.06. The number of likely N-dealkylation sites (tertiary alicyclic amines) is 1. The maximum Gasteiger partial charge on any atom is 0.237 e. The van der Waals surface area contributed by atoms with Crippen molar-refractivity contribution >= 4 is 38.9 Å². The van der Waals surface area contributed by atoms with Gasteiger partial charge in [0.05, 0.1) is 10.4 Å². The number of sulfonamides is 1. The molecule has 0 saturated carbocycles. The van der Waals surface area contributed by atoms with Crippen LogP contribution in [0.15, 0.2) is 36.5 Å². The van der Waals surface area contributed by atoms with Crippen LogP contribution in [0.4, 0.5) is 42.0 Å². The van der Waals surface area contributed by atoms with Gasteiger partial charge in [-0.15, -0.1) is 0 Å². The van der Waals surface area contributed by atoms with Crippen molar-refractivity contribution in [2.45, 2.75) is 51.2 Å². The first-order chi connectivity index (χ1) is 18.2. The fraction of sp³-hybridized carbons (Fsp3) is 0.407. The molecule has 0 unspecified atom stereocenters. The molecule has 1 saturated heterocycles. The Balaban J connectivity index is 1.54. The molecule has 1 aromatic heterocycles. The average molecular weight is 563 g/mol. The average Bonchev–Trinajstić information content (AvgIpc) is 2.83. The second-order valence-corrected chi connectivity index (χ2v) is 13.3. The molecule has 2 aromatic carbocycles. The van der Waals surface area contributed by atoms with E-state index in [1.165, 1.54) is 51.2 Å². The van der Waals surface area contributed by atoms with Crippen molar-refractivity contribution in [3.05, 3.63) is 65.1 Å². The molecule has 210 valence electrons. The zero-order valence-corrected chi connectivity index (χ0v) is 23.4. The minimum Gasteiger partial charge on any atom is -0.340 e. The molecular formula is C27H33F3N6O2S. The van der Waals surface area contributed by atoms with Crippen LogP contribution in [0.25, 0.3) is 0 Å². The predicted molar refractivity (Wildman–Crippen MR) is 148 cm³/mol. The molecule has 4 rings (SSSR count). The van der Waals surface area contributed by atoms with Crippen LogP contribution in [0.2, 0.25) is 0 Å². The summed E-state index contributed by atoms with van der Waals surface area (Å²) >= 11 is 0. The number of benzene rings is 2. The molecule has 1 aliphatic rings. The lowest BCUT2D eigenvalue weighted by atomic mass is 9.88. The highest BCUT2D eigenvalue weighted by Gasteiger charge is 2.30. The van der Waals surface area contributed by atoms with E-state index in [0.29, 0.717) is 29.9 Å². The fourth-order valence-corrected chi connectivity index (χ4v) is 4.97. The Morgan fingerprint density at radius 1 is 0.949 bits per heavy atom. The highest BCUT2D eigenvalue weighted by atomic mass is 32.2. The highest BCUT2D eigenvalue weighted by Crippen LogP contribution is 2.34. The zero-order valence-electron chi connectivity index (χ0n) is 22.6. The van der Waals surface area contributed by atoms with Crippen LogP contribution in [-0.2, 0) is 10.0 Å². The second kappa shape index (κ2) is 11.0. The fourth-order valence-electron chi connectivity index (χ4n) is 4.22. The second-order valence-electron chi connectivity index (χ2n) is 10.8. The third-order valence-electron chi connectivity index (χ3n) is 6.71. The molecular weight excluding hydrogens is 529 g/mol. The van der Waals surface area contributed by atoms with E-state index in [1.54, 1.807) is 6.92 Å². The largest absolute Gasteiger partial charge is 0.340 e. The summed E-state index contributed by atoms with van der Waals surface area (Å²) in [6.07, 6.45) is 2.90. The SMILES string of the molecule is Cc1cnc(Nc2cc(F)c(C3CCN(C)CC3)c(F)c2)nc1Nc1ccc(F)c(NS(=O)(=O)C(C)(C)C)c1. The topological polar surface area (TPSA) is 99.2 Å². The van der Waals surface area contributed by atoms with Crippen LogP contribution < -0.4 is 15.4 Å². The van der Waals surface area contributed by atoms with Gasteiger partial charge in [0, 0.05) is 28.7 Å². The van der Waals surface area contributed by atoms with E-state index < -0.39 is 32.2 Å². The summed E-state index contributed by atoms with van der Waals surface area (Å²) in [5, 5.41) is 5.87. The number of anilines is 5. The van der Waals surface area contributed by atoms with Crippen molar-refractivity contribution < 1.29 is 21.6 Å². The van der Waals surface area contributed by atoms with Crippen molar-refractivity contribution in [3.63, 3.8) is 0 Å². The van der Waals surface area contributed by atoms with E-state index in [0.717, 1.165) is 19.2 Å². The Kier molecular flexibility index (Phi) is 8.08. The zero-order chi connectivity index (χ0) is 28.5. The molecule has 0 radical (unpaired) electrons. The predicted octanol–water partition coefficient (Wildman–Crippen LogP) is 6.04. The van der Waals surface area contributed by atoms with Gasteiger partial charge in [0.2, 0.25) is 16.0 Å². The maximum atomic E-state index is 15.0. The molecule has 0 aliphatic carbocycles. The molecule has 0 atom stereocenters. The number of nitrogens with one attached hydrogen (secondary N) is 3. The Bertz CT molecular complexity index is 1450. The first-order valence-corrected chi connectivity index (χ1v) is 14.1. The first kappa shape index (κ1) is 28.6. The number of aryl methyl sites for hydroxylation is 1. The normalized spacial score (nSPS) is 15.3. The molecule has 0 spiro atoms. The molecule has 3 aromatic rings. The number of nitrogens with zero attached hydrogens (tertiary/aromatic N) is 3. The minimum absolute atomic E-state index is 0.0877.